The van der Waals surface area contributed by atoms with Crippen LogP contribution in [-0.4, -0.2) is 34.7 Å². The molecule has 1 fully saturated rings. The van der Waals surface area contributed by atoms with Crippen LogP contribution in [0.1, 0.15) is 33.1 Å². The van der Waals surface area contributed by atoms with E-state index in [0.717, 1.165) is 6.42 Å². The van der Waals surface area contributed by atoms with Crippen LogP contribution in [0.25, 0.3) is 0 Å². The molecule has 0 radical (unpaired) electrons. The van der Waals surface area contributed by atoms with Crippen LogP contribution in [0.2, 0.25) is 0 Å². The summed E-state index contributed by atoms with van der Waals surface area (Å²) in [6.07, 6.45) is 1.86. The minimum Gasteiger partial charge on any atom is -0.393 e. The highest BCUT2D eigenvalue weighted by Gasteiger charge is 2.27. The lowest BCUT2D eigenvalue weighted by Gasteiger charge is -2.18. The van der Waals surface area contributed by atoms with Crippen LogP contribution in [0.5, 0.6) is 0 Å². The van der Waals surface area contributed by atoms with E-state index in [9.17, 15) is 4.79 Å². The molecule has 1 rings (SSSR count). The molecule has 1 saturated heterocycles. The number of nitrogens with zero attached hydrogens (tertiary/aromatic N) is 1. The zero-order chi connectivity index (χ0) is 9.84. The second-order valence-corrected chi connectivity index (χ2v) is 3.62. The predicted molar refractivity (Wildman–Crippen MR) is 49.8 cm³/mol. The molecule has 4 heteroatoms. The van der Waals surface area contributed by atoms with Crippen molar-refractivity contribution in [2.75, 3.05) is 6.54 Å². The monoisotopic (exact) mass is 186 g/mol. The van der Waals surface area contributed by atoms with Crippen LogP contribution >= 0.6 is 0 Å². The zero-order valence-corrected chi connectivity index (χ0v) is 8.29. The van der Waals surface area contributed by atoms with Gasteiger partial charge in [0.2, 0.25) is 5.91 Å². The number of rotatable bonds is 4. The highest BCUT2D eigenvalue weighted by Crippen LogP contribution is 2.10. The fourth-order valence-electron chi connectivity index (χ4n) is 1.40. The van der Waals surface area contributed by atoms with E-state index in [4.69, 9.17) is 5.11 Å². The summed E-state index contributed by atoms with van der Waals surface area (Å²) in [5, 5.41) is 10.7. The first kappa shape index (κ1) is 10.5. The smallest absolute Gasteiger partial charge is 0.238 e. The van der Waals surface area contributed by atoms with Crippen molar-refractivity contribution in [3.05, 3.63) is 0 Å². The Morgan fingerprint density at radius 3 is 2.92 bits per heavy atom. The number of hydrogen-bond acceptors (Lipinski definition) is 3. The van der Waals surface area contributed by atoms with Crippen LogP contribution in [0.3, 0.4) is 0 Å². The first-order chi connectivity index (χ1) is 6.13. The van der Waals surface area contributed by atoms with E-state index in [1.54, 1.807) is 11.9 Å². The number of aliphatic hydroxyl groups is 1. The molecule has 0 aromatic heterocycles. The Morgan fingerprint density at radius 1 is 1.77 bits per heavy atom. The minimum atomic E-state index is -0.338. The van der Waals surface area contributed by atoms with Crippen LogP contribution in [0.4, 0.5) is 0 Å². The largest absolute Gasteiger partial charge is 0.393 e. The maximum atomic E-state index is 11.3. The third-order valence-electron chi connectivity index (χ3n) is 2.32. The van der Waals surface area contributed by atoms with E-state index in [-0.39, 0.29) is 12.0 Å². The SMILES string of the molecule is CCC1CC(=O)N(CCC(C)O)N1. The number of hydrazine groups is 1. The molecule has 1 heterocycles. The zero-order valence-electron chi connectivity index (χ0n) is 8.29. The Hall–Kier alpha value is -0.610. The number of aliphatic hydroxyl groups excluding tert-OH is 1. The summed E-state index contributed by atoms with van der Waals surface area (Å²) in [4.78, 5) is 11.3. The van der Waals surface area contributed by atoms with Gasteiger partial charge in [0.05, 0.1) is 6.10 Å². The highest BCUT2D eigenvalue weighted by molar-refractivity contribution is 5.78. The lowest BCUT2D eigenvalue weighted by molar-refractivity contribution is -0.129. The van der Waals surface area contributed by atoms with Gasteiger partial charge >= 0.3 is 0 Å². The number of carbonyl (C=O) groups excluding carboxylic acids is 1. The van der Waals surface area contributed by atoms with Crippen molar-refractivity contribution in [3.8, 4) is 0 Å². The fraction of sp³-hybridized carbons (Fsp3) is 0.889. The number of amides is 1. The third-order valence-corrected chi connectivity index (χ3v) is 2.32. The molecule has 1 aliphatic heterocycles. The maximum Gasteiger partial charge on any atom is 0.238 e. The Labute approximate surface area is 78.9 Å². The molecule has 2 N–H and O–H groups in total. The van der Waals surface area contributed by atoms with Crippen molar-refractivity contribution in [2.24, 2.45) is 0 Å². The summed E-state index contributed by atoms with van der Waals surface area (Å²) in [6.45, 7) is 4.40. The van der Waals surface area contributed by atoms with Crippen LogP contribution in [0, 0.1) is 0 Å². The molecular weight excluding hydrogens is 168 g/mol. The van der Waals surface area contributed by atoms with E-state index in [2.05, 4.69) is 12.3 Å². The molecule has 0 aromatic rings. The van der Waals surface area contributed by atoms with Gasteiger partial charge in [0.1, 0.15) is 0 Å². The van der Waals surface area contributed by atoms with Crippen LogP contribution < -0.4 is 5.43 Å². The molecule has 13 heavy (non-hydrogen) atoms. The van der Waals surface area contributed by atoms with E-state index in [1.807, 2.05) is 0 Å². The normalized spacial score (nSPS) is 25.3. The summed E-state index contributed by atoms with van der Waals surface area (Å²) in [6, 6.07) is 0.293. The van der Waals surface area contributed by atoms with Gasteiger partial charge in [-0.3, -0.25) is 9.80 Å². The molecule has 1 amide bonds. The van der Waals surface area contributed by atoms with Crippen molar-refractivity contribution in [2.45, 2.75) is 45.3 Å². The van der Waals surface area contributed by atoms with Crippen molar-refractivity contribution < 1.29 is 9.90 Å². The molecule has 1 aliphatic rings. The molecule has 2 unspecified atom stereocenters. The summed E-state index contributed by atoms with van der Waals surface area (Å²) in [5.41, 5.74) is 3.12. The lowest BCUT2D eigenvalue weighted by Crippen LogP contribution is -2.38. The molecule has 0 aromatic carbocycles. The quantitative estimate of drug-likeness (QED) is 0.662. The van der Waals surface area contributed by atoms with E-state index in [1.165, 1.54) is 0 Å². The van der Waals surface area contributed by atoms with Gasteiger partial charge in [0, 0.05) is 19.0 Å². The van der Waals surface area contributed by atoms with Crippen molar-refractivity contribution in [3.63, 3.8) is 0 Å². The Morgan fingerprint density at radius 2 is 2.46 bits per heavy atom. The van der Waals surface area contributed by atoms with Crippen molar-refractivity contribution in [1.29, 1.82) is 0 Å². The number of nitrogens with one attached hydrogen (secondary N) is 1. The molecule has 0 bridgehead atoms. The highest BCUT2D eigenvalue weighted by atomic mass is 16.3. The Balaban J connectivity index is 2.31. The standard InChI is InChI=1S/C9H18N2O2/c1-3-8-6-9(13)11(10-8)5-4-7(2)12/h7-8,10,12H,3-6H2,1-2H3. The van der Waals surface area contributed by atoms with Gasteiger partial charge in [-0.15, -0.1) is 0 Å². The first-order valence-corrected chi connectivity index (χ1v) is 4.88. The van der Waals surface area contributed by atoms with Gasteiger partial charge in [-0.2, -0.15) is 0 Å². The van der Waals surface area contributed by atoms with Gasteiger partial charge < -0.3 is 5.11 Å². The Kier molecular flexibility index (Phi) is 3.69. The average molecular weight is 186 g/mol. The lowest BCUT2D eigenvalue weighted by atomic mass is 10.2. The average Bonchev–Trinajstić information content (AvgIpc) is 2.43. The third kappa shape index (κ3) is 2.97. The molecule has 0 aliphatic carbocycles. The van der Waals surface area contributed by atoms with Gasteiger partial charge in [-0.05, 0) is 19.8 Å². The van der Waals surface area contributed by atoms with Gasteiger partial charge in [0.15, 0.2) is 0 Å². The molecule has 0 saturated carbocycles. The van der Waals surface area contributed by atoms with E-state index in [0.29, 0.717) is 25.4 Å². The van der Waals surface area contributed by atoms with Crippen LogP contribution in [0.15, 0.2) is 0 Å². The summed E-state index contributed by atoms with van der Waals surface area (Å²) < 4.78 is 0. The van der Waals surface area contributed by atoms with Crippen LogP contribution in [-0.2, 0) is 4.79 Å². The molecule has 2 atom stereocenters. The van der Waals surface area contributed by atoms with Crippen molar-refractivity contribution >= 4 is 5.91 Å². The predicted octanol–water partition coefficient (Wildman–Crippen LogP) is 0.273. The summed E-state index contributed by atoms with van der Waals surface area (Å²) >= 11 is 0. The summed E-state index contributed by atoms with van der Waals surface area (Å²) in [7, 11) is 0. The van der Waals surface area contributed by atoms with Crippen molar-refractivity contribution in [1.82, 2.24) is 10.4 Å². The molecule has 4 nitrogen and oxygen atoms in total. The van der Waals surface area contributed by atoms with E-state index < -0.39 is 0 Å². The van der Waals surface area contributed by atoms with Gasteiger partial charge in [0.25, 0.3) is 0 Å². The topological polar surface area (TPSA) is 52.6 Å². The molecular formula is C9H18N2O2. The number of hydrogen-bond donors (Lipinski definition) is 2. The maximum absolute atomic E-state index is 11.3. The summed E-state index contributed by atoms with van der Waals surface area (Å²) in [5.74, 6) is 0.146. The first-order valence-electron chi connectivity index (χ1n) is 4.88. The van der Waals surface area contributed by atoms with E-state index >= 15 is 0 Å². The fourth-order valence-corrected chi connectivity index (χ4v) is 1.40. The second kappa shape index (κ2) is 4.58. The molecule has 76 valence electrons. The second-order valence-electron chi connectivity index (χ2n) is 3.62. The number of carbonyl (C=O) groups is 1. The van der Waals surface area contributed by atoms with Gasteiger partial charge in [-0.1, -0.05) is 6.92 Å². The Bertz CT molecular complexity index is 182. The molecule has 0 spiro atoms. The minimum absolute atomic E-state index is 0.146. The van der Waals surface area contributed by atoms with Gasteiger partial charge in [-0.25, -0.2) is 5.43 Å².